The van der Waals surface area contributed by atoms with E-state index in [1.165, 1.54) is 0 Å². The van der Waals surface area contributed by atoms with Gasteiger partial charge in [-0.1, -0.05) is 85.5 Å². The number of ether oxygens (including phenoxy) is 2. The van der Waals surface area contributed by atoms with Gasteiger partial charge in [0.1, 0.15) is 12.4 Å². The highest BCUT2D eigenvalue weighted by atomic mass is 79.9. The molecule has 0 fully saturated rings. The van der Waals surface area contributed by atoms with Crippen LogP contribution in [0.2, 0.25) is 0 Å². The number of carbonyl (C=O) groups excluding carboxylic acids is 1. The first kappa shape index (κ1) is 20.8. The number of rotatable bonds is 3. The molecule has 0 heterocycles. The molecule has 1 aromatic carbocycles. The van der Waals surface area contributed by atoms with Crippen molar-refractivity contribution < 1.29 is 14.3 Å². The summed E-state index contributed by atoms with van der Waals surface area (Å²) in [7, 11) is 0. The Morgan fingerprint density at radius 3 is 2.23 bits per heavy atom. The van der Waals surface area contributed by atoms with Gasteiger partial charge in [0.25, 0.3) is 0 Å². The van der Waals surface area contributed by atoms with E-state index in [0.29, 0.717) is 10.0 Å². The van der Waals surface area contributed by atoms with Gasteiger partial charge in [-0.2, -0.15) is 0 Å². The Balaban J connectivity index is 2.95. The van der Waals surface area contributed by atoms with Crippen molar-refractivity contribution in [2.24, 2.45) is 0 Å². The lowest BCUT2D eigenvalue weighted by atomic mass is 10.1. The lowest BCUT2D eigenvalue weighted by molar-refractivity contribution is 0.100. The largest absolute Gasteiger partial charge is 0.514 e. The number of benzene rings is 1. The second kappa shape index (κ2) is 8.19. The van der Waals surface area contributed by atoms with Gasteiger partial charge < -0.3 is 9.47 Å². The normalized spacial score (nSPS) is 12.2. The van der Waals surface area contributed by atoms with Gasteiger partial charge in [-0.3, -0.25) is 0 Å². The quantitative estimate of drug-likeness (QED) is 0.272. The van der Waals surface area contributed by atoms with Crippen LogP contribution in [-0.2, 0) is 11.2 Å². The van der Waals surface area contributed by atoms with Crippen LogP contribution in [-0.4, -0.2) is 20.3 Å². The van der Waals surface area contributed by atoms with Gasteiger partial charge >= 0.3 is 6.16 Å². The van der Waals surface area contributed by atoms with Gasteiger partial charge in [-0.05, 0) is 24.6 Å². The smallest absolute Gasteiger partial charge is 0.429 e. The average molecular weight is 494 g/mol. The van der Waals surface area contributed by atoms with Gasteiger partial charge in [0.05, 0.1) is 0 Å². The molecule has 0 saturated heterocycles. The molecule has 22 heavy (non-hydrogen) atoms. The SMILES string of the molecule is Cc1cc(Br)c(CC(Cl)(Cl)Cl)c(OC(=O)OCC(Cl)(Cl)Cl)c1. The van der Waals surface area contributed by atoms with Crippen molar-refractivity contribution in [2.75, 3.05) is 6.61 Å². The summed E-state index contributed by atoms with van der Waals surface area (Å²) in [6, 6.07) is 3.40. The average Bonchev–Trinajstić information content (AvgIpc) is 2.29. The fourth-order valence-corrected chi connectivity index (χ4v) is 2.72. The molecular formula is C12H9BrCl6O3. The zero-order chi connectivity index (χ0) is 17.1. The third kappa shape index (κ3) is 8.00. The van der Waals surface area contributed by atoms with Crippen LogP contribution >= 0.6 is 85.5 Å². The van der Waals surface area contributed by atoms with Crippen LogP contribution in [0.4, 0.5) is 4.79 Å². The lowest BCUT2D eigenvalue weighted by Crippen LogP contribution is -2.20. The molecule has 0 aliphatic carbocycles. The van der Waals surface area contributed by atoms with Gasteiger partial charge in [0.2, 0.25) is 3.79 Å². The van der Waals surface area contributed by atoms with E-state index < -0.39 is 20.3 Å². The number of carbonyl (C=O) groups is 1. The third-order valence-corrected chi connectivity index (χ3v) is 3.66. The van der Waals surface area contributed by atoms with Crippen molar-refractivity contribution in [3.05, 3.63) is 27.7 Å². The van der Waals surface area contributed by atoms with Crippen molar-refractivity contribution in [3.63, 3.8) is 0 Å². The number of aryl methyl sites for hydroxylation is 1. The molecule has 124 valence electrons. The molecule has 0 spiro atoms. The van der Waals surface area contributed by atoms with E-state index in [4.69, 9.17) is 79.1 Å². The lowest BCUT2D eigenvalue weighted by Gasteiger charge is -2.17. The molecule has 1 aromatic rings. The number of halogens is 7. The topological polar surface area (TPSA) is 35.5 Å². The van der Waals surface area contributed by atoms with Crippen LogP contribution in [0.15, 0.2) is 16.6 Å². The zero-order valence-electron chi connectivity index (χ0n) is 10.9. The summed E-state index contributed by atoms with van der Waals surface area (Å²) in [5, 5.41) is 0. The summed E-state index contributed by atoms with van der Waals surface area (Å²) in [6.45, 7) is 1.35. The molecule has 0 N–H and O–H groups in total. The maximum atomic E-state index is 11.7. The van der Waals surface area contributed by atoms with Crippen LogP contribution in [0.1, 0.15) is 11.1 Å². The molecule has 0 saturated carbocycles. The van der Waals surface area contributed by atoms with E-state index in [9.17, 15) is 4.79 Å². The van der Waals surface area contributed by atoms with Crippen molar-refractivity contribution in [1.29, 1.82) is 0 Å². The van der Waals surface area contributed by atoms with E-state index in [-0.39, 0.29) is 12.2 Å². The highest BCUT2D eigenvalue weighted by molar-refractivity contribution is 9.10. The molecule has 10 heteroatoms. The monoisotopic (exact) mass is 490 g/mol. The molecule has 0 amide bonds. The maximum Gasteiger partial charge on any atom is 0.514 e. The van der Waals surface area contributed by atoms with Gasteiger partial charge in [0, 0.05) is 16.5 Å². The summed E-state index contributed by atoms with van der Waals surface area (Å²) in [5.41, 5.74) is 1.32. The van der Waals surface area contributed by atoms with Crippen LogP contribution in [0.25, 0.3) is 0 Å². The summed E-state index contributed by atoms with van der Waals surface area (Å²) in [4.78, 5) is 11.7. The van der Waals surface area contributed by atoms with Crippen molar-refractivity contribution in [1.82, 2.24) is 0 Å². The van der Waals surface area contributed by atoms with E-state index in [0.717, 1.165) is 5.56 Å². The minimum atomic E-state index is -1.73. The molecule has 1 rings (SSSR count). The fraction of sp³-hybridized carbons (Fsp3) is 0.417. The number of alkyl halides is 6. The van der Waals surface area contributed by atoms with Crippen LogP contribution in [0.3, 0.4) is 0 Å². The second-order valence-electron chi connectivity index (χ2n) is 4.27. The molecule has 0 aliphatic heterocycles. The molecule has 0 bridgehead atoms. The summed E-state index contributed by atoms with van der Waals surface area (Å²) >= 11 is 37.2. The molecule has 0 radical (unpaired) electrons. The molecule has 0 aliphatic rings. The molecular weight excluding hydrogens is 485 g/mol. The van der Waals surface area contributed by atoms with E-state index >= 15 is 0 Å². The Morgan fingerprint density at radius 2 is 1.73 bits per heavy atom. The Kier molecular flexibility index (Phi) is 7.73. The van der Waals surface area contributed by atoms with Gasteiger partial charge in [0.15, 0.2) is 3.79 Å². The first-order valence-corrected chi connectivity index (χ1v) is 8.70. The summed E-state index contributed by atoms with van der Waals surface area (Å²) < 4.78 is 7.15. The first-order chi connectivity index (χ1) is 9.87. The van der Waals surface area contributed by atoms with Crippen molar-refractivity contribution in [3.8, 4) is 5.75 Å². The third-order valence-electron chi connectivity index (χ3n) is 2.22. The van der Waals surface area contributed by atoms with E-state index in [2.05, 4.69) is 15.9 Å². The van der Waals surface area contributed by atoms with Crippen LogP contribution in [0, 0.1) is 6.92 Å². The highest BCUT2D eigenvalue weighted by Gasteiger charge is 2.27. The van der Waals surface area contributed by atoms with Crippen LogP contribution < -0.4 is 4.74 Å². The summed E-state index contributed by atoms with van der Waals surface area (Å²) in [5.74, 6) is 0.188. The number of hydrogen-bond donors (Lipinski definition) is 0. The number of hydrogen-bond acceptors (Lipinski definition) is 3. The van der Waals surface area contributed by atoms with E-state index in [1.54, 1.807) is 12.1 Å². The molecule has 0 aromatic heterocycles. The van der Waals surface area contributed by atoms with Gasteiger partial charge in [-0.15, -0.1) is 0 Å². The predicted molar refractivity (Wildman–Crippen MR) is 95.1 cm³/mol. The molecule has 0 unspecified atom stereocenters. The van der Waals surface area contributed by atoms with E-state index in [1.807, 2.05) is 6.92 Å². The standard InChI is InChI=1S/C12H9BrCl6O3/c1-6-2-8(13)7(4-11(14,15)16)9(3-6)22-10(20)21-5-12(17,18)19/h2-3H,4-5H2,1H3. The second-order valence-corrected chi connectivity index (χ2v) is 10.2. The Hall–Kier alpha value is 0.710. The van der Waals surface area contributed by atoms with Crippen LogP contribution in [0.5, 0.6) is 5.75 Å². The zero-order valence-corrected chi connectivity index (χ0v) is 17.1. The first-order valence-electron chi connectivity index (χ1n) is 5.64. The Morgan fingerprint density at radius 1 is 1.14 bits per heavy atom. The minimum absolute atomic E-state index is 0.0194. The minimum Gasteiger partial charge on any atom is -0.429 e. The van der Waals surface area contributed by atoms with Crippen molar-refractivity contribution in [2.45, 2.75) is 20.9 Å². The van der Waals surface area contributed by atoms with Crippen molar-refractivity contribution >= 4 is 91.7 Å². The molecule has 0 atom stereocenters. The predicted octanol–water partition coefficient (Wildman–Crippen LogP) is 6.56. The Labute approximate surface area is 166 Å². The van der Waals surface area contributed by atoms with Gasteiger partial charge in [-0.25, -0.2) is 4.79 Å². The highest BCUT2D eigenvalue weighted by Crippen LogP contribution is 2.38. The fourth-order valence-electron chi connectivity index (χ4n) is 1.46. The molecule has 3 nitrogen and oxygen atoms in total. The Bertz CT molecular complexity index is 553. The summed E-state index contributed by atoms with van der Waals surface area (Å²) in [6.07, 6.45) is -1.01. The maximum absolute atomic E-state index is 11.7.